The molecule has 0 aliphatic heterocycles. The van der Waals surface area contributed by atoms with Crippen LogP contribution in [-0.2, 0) is 0 Å². The van der Waals surface area contributed by atoms with Gasteiger partial charge in [0.1, 0.15) is 5.75 Å². The Kier molecular flexibility index (Phi) is 2.88. The molecule has 0 aliphatic carbocycles. The fraction of sp³-hybridized carbons (Fsp3) is 0.250. The molecule has 0 fully saturated rings. The maximum atomic E-state index is 9.80. The molecule has 0 spiro atoms. The summed E-state index contributed by atoms with van der Waals surface area (Å²) in [5.74, 6) is 0.237. The zero-order valence-corrected chi connectivity index (χ0v) is 9.94. The summed E-state index contributed by atoms with van der Waals surface area (Å²) in [7, 11) is 0. The number of rotatable bonds is 2. The van der Waals surface area contributed by atoms with Crippen molar-refractivity contribution in [3.8, 4) is 17.0 Å². The van der Waals surface area contributed by atoms with Crippen molar-refractivity contribution in [1.82, 2.24) is 9.55 Å². The summed E-state index contributed by atoms with van der Waals surface area (Å²) in [5, 5.41) is 10.2. The molecular weight excluding hydrogens is 224 g/mol. The third kappa shape index (κ3) is 1.78. The molecule has 0 aliphatic rings. The number of imidazole rings is 1. The van der Waals surface area contributed by atoms with E-state index < -0.39 is 0 Å². The summed E-state index contributed by atoms with van der Waals surface area (Å²) in [5.41, 5.74) is 1.58. The summed E-state index contributed by atoms with van der Waals surface area (Å²) in [6.07, 6.45) is 1.68. The number of phenolic OH excluding ortho intramolecular Hbond substituents is 1. The molecule has 1 aromatic carbocycles. The number of nitrogens with zero attached hydrogens (tertiary/aromatic N) is 2. The van der Waals surface area contributed by atoms with Crippen LogP contribution in [0.5, 0.6) is 5.75 Å². The molecule has 2 rings (SSSR count). The first-order chi connectivity index (χ1) is 7.61. The van der Waals surface area contributed by atoms with Gasteiger partial charge < -0.3 is 9.67 Å². The third-order valence-electron chi connectivity index (χ3n) is 2.45. The van der Waals surface area contributed by atoms with Crippen molar-refractivity contribution in [1.29, 1.82) is 0 Å². The molecule has 16 heavy (non-hydrogen) atoms. The van der Waals surface area contributed by atoms with Gasteiger partial charge in [0.15, 0.2) is 0 Å². The van der Waals surface area contributed by atoms with Gasteiger partial charge in [-0.25, -0.2) is 4.98 Å². The Morgan fingerprint density at radius 1 is 1.31 bits per heavy atom. The van der Waals surface area contributed by atoms with Gasteiger partial charge in [-0.05, 0) is 37.6 Å². The molecule has 1 N–H and O–H groups in total. The first-order valence-corrected chi connectivity index (χ1v) is 5.50. The molecule has 0 atom stereocenters. The number of benzene rings is 1. The lowest BCUT2D eigenvalue weighted by Gasteiger charge is -2.13. The SMILES string of the molecule is CC(C)n1c(-c2ccccc2O)cnc1Cl. The van der Waals surface area contributed by atoms with Gasteiger partial charge in [0.25, 0.3) is 0 Å². The van der Waals surface area contributed by atoms with Crippen LogP contribution >= 0.6 is 11.6 Å². The minimum Gasteiger partial charge on any atom is -0.507 e. The molecule has 0 unspecified atom stereocenters. The van der Waals surface area contributed by atoms with E-state index in [1.54, 1.807) is 18.3 Å². The number of phenols is 1. The Labute approximate surface area is 99.3 Å². The van der Waals surface area contributed by atoms with Crippen molar-refractivity contribution in [2.24, 2.45) is 0 Å². The lowest BCUT2D eigenvalue weighted by Crippen LogP contribution is -2.02. The minimum atomic E-state index is 0.199. The van der Waals surface area contributed by atoms with Crippen LogP contribution in [0.2, 0.25) is 5.28 Å². The van der Waals surface area contributed by atoms with E-state index in [-0.39, 0.29) is 11.8 Å². The van der Waals surface area contributed by atoms with Crippen molar-refractivity contribution in [2.45, 2.75) is 19.9 Å². The molecule has 4 heteroatoms. The number of para-hydroxylation sites is 1. The van der Waals surface area contributed by atoms with E-state index in [2.05, 4.69) is 4.98 Å². The molecular formula is C12H13ClN2O. The highest BCUT2D eigenvalue weighted by Gasteiger charge is 2.14. The predicted octanol–water partition coefficient (Wildman–Crippen LogP) is 3.49. The van der Waals surface area contributed by atoms with E-state index in [1.807, 2.05) is 30.5 Å². The topological polar surface area (TPSA) is 38.0 Å². The lowest BCUT2D eigenvalue weighted by atomic mass is 10.1. The van der Waals surface area contributed by atoms with Crippen LogP contribution in [0.25, 0.3) is 11.3 Å². The van der Waals surface area contributed by atoms with E-state index in [4.69, 9.17) is 11.6 Å². The number of aromatic hydroxyl groups is 1. The van der Waals surface area contributed by atoms with Gasteiger partial charge in [0.05, 0.1) is 11.9 Å². The summed E-state index contributed by atoms with van der Waals surface area (Å²) in [6.45, 7) is 4.05. The summed E-state index contributed by atoms with van der Waals surface area (Å²) in [4.78, 5) is 4.07. The van der Waals surface area contributed by atoms with Gasteiger partial charge in [-0.3, -0.25) is 0 Å². The molecule has 1 heterocycles. The molecule has 0 amide bonds. The van der Waals surface area contributed by atoms with Crippen LogP contribution in [0.4, 0.5) is 0 Å². The van der Waals surface area contributed by atoms with Crippen molar-refractivity contribution in [3.05, 3.63) is 35.7 Å². The zero-order valence-electron chi connectivity index (χ0n) is 9.18. The number of hydrogen-bond acceptors (Lipinski definition) is 2. The molecule has 0 saturated carbocycles. The minimum absolute atomic E-state index is 0.199. The van der Waals surface area contributed by atoms with Gasteiger partial charge in [0.2, 0.25) is 5.28 Å². The fourth-order valence-electron chi connectivity index (χ4n) is 1.72. The highest BCUT2D eigenvalue weighted by molar-refractivity contribution is 6.28. The van der Waals surface area contributed by atoms with Crippen molar-refractivity contribution in [2.75, 3.05) is 0 Å². The molecule has 84 valence electrons. The predicted molar refractivity (Wildman–Crippen MR) is 64.7 cm³/mol. The monoisotopic (exact) mass is 236 g/mol. The summed E-state index contributed by atoms with van der Waals surface area (Å²) in [6, 6.07) is 7.36. The highest BCUT2D eigenvalue weighted by atomic mass is 35.5. The second-order valence-corrected chi connectivity index (χ2v) is 4.23. The molecule has 0 radical (unpaired) electrons. The standard InChI is InChI=1S/C12H13ClN2O/c1-8(2)15-10(7-14-12(15)13)9-5-3-4-6-11(9)16/h3-8,16H,1-2H3. The second kappa shape index (κ2) is 4.18. The zero-order chi connectivity index (χ0) is 11.7. The first kappa shape index (κ1) is 11.0. The number of halogens is 1. The Balaban J connectivity index is 2.61. The molecule has 0 saturated heterocycles. The maximum Gasteiger partial charge on any atom is 0.203 e. The average Bonchev–Trinajstić information content (AvgIpc) is 2.61. The van der Waals surface area contributed by atoms with Crippen molar-refractivity contribution >= 4 is 11.6 Å². The number of hydrogen-bond donors (Lipinski definition) is 1. The molecule has 0 bridgehead atoms. The van der Waals surface area contributed by atoms with Crippen LogP contribution in [0, 0.1) is 0 Å². The quantitative estimate of drug-likeness (QED) is 0.867. The highest BCUT2D eigenvalue weighted by Crippen LogP contribution is 2.32. The van der Waals surface area contributed by atoms with E-state index in [0.29, 0.717) is 5.28 Å². The van der Waals surface area contributed by atoms with Gasteiger partial charge >= 0.3 is 0 Å². The number of aromatic nitrogens is 2. The van der Waals surface area contributed by atoms with Crippen molar-refractivity contribution in [3.63, 3.8) is 0 Å². The molecule has 3 nitrogen and oxygen atoms in total. The normalized spacial score (nSPS) is 11.0. The summed E-state index contributed by atoms with van der Waals surface area (Å²) < 4.78 is 1.89. The van der Waals surface area contributed by atoms with Crippen LogP contribution in [0.3, 0.4) is 0 Å². The third-order valence-corrected chi connectivity index (χ3v) is 2.73. The Morgan fingerprint density at radius 3 is 2.62 bits per heavy atom. The first-order valence-electron chi connectivity index (χ1n) is 5.12. The Morgan fingerprint density at radius 2 is 2.00 bits per heavy atom. The lowest BCUT2D eigenvalue weighted by molar-refractivity contribution is 0.476. The van der Waals surface area contributed by atoms with Crippen LogP contribution in [-0.4, -0.2) is 14.7 Å². The largest absolute Gasteiger partial charge is 0.507 e. The Bertz CT molecular complexity index is 505. The van der Waals surface area contributed by atoms with Crippen molar-refractivity contribution < 1.29 is 5.11 Å². The van der Waals surface area contributed by atoms with Gasteiger partial charge in [-0.15, -0.1) is 0 Å². The Hall–Kier alpha value is -1.48. The second-order valence-electron chi connectivity index (χ2n) is 3.89. The fourth-order valence-corrected chi connectivity index (χ4v) is 2.05. The molecule has 1 aromatic heterocycles. The van der Waals surface area contributed by atoms with Gasteiger partial charge in [-0.2, -0.15) is 0 Å². The van der Waals surface area contributed by atoms with E-state index in [0.717, 1.165) is 11.3 Å². The average molecular weight is 237 g/mol. The van der Waals surface area contributed by atoms with Crippen LogP contribution < -0.4 is 0 Å². The van der Waals surface area contributed by atoms with Gasteiger partial charge in [-0.1, -0.05) is 12.1 Å². The smallest absolute Gasteiger partial charge is 0.203 e. The van der Waals surface area contributed by atoms with E-state index in [1.165, 1.54) is 0 Å². The van der Waals surface area contributed by atoms with E-state index in [9.17, 15) is 5.11 Å². The summed E-state index contributed by atoms with van der Waals surface area (Å²) >= 11 is 6.01. The van der Waals surface area contributed by atoms with E-state index >= 15 is 0 Å². The van der Waals surface area contributed by atoms with Crippen LogP contribution in [0.1, 0.15) is 19.9 Å². The van der Waals surface area contributed by atoms with Gasteiger partial charge in [0, 0.05) is 11.6 Å². The maximum absolute atomic E-state index is 9.80. The molecule has 2 aromatic rings. The van der Waals surface area contributed by atoms with Crippen LogP contribution in [0.15, 0.2) is 30.5 Å².